The van der Waals surface area contributed by atoms with Crippen molar-refractivity contribution in [1.82, 2.24) is 25.0 Å². The number of nitrogens with zero attached hydrogens (tertiary/aromatic N) is 4. The second kappa shape index (κ2) is 10.5. The number of rotatable bonds is 7. The van der Waals surface area contributed by atoms with Crippen LogP contribution >= 0.6 is 23.2 Å². The summed E-state index contributed by atoms with van der Waals surface area (Å²) in [6, 6.07) is 11.6. The molecule has 0 amide bonds. The third-order valence-electron chi connectivity index (χ3n) is 6.50. The van der Waals surface area contributed by atoms with Crippen molar-refractivity contribution in [3.8, 4) is 22.6 Å². The first kappa shape index (κ1) is 24.6. The van der Waals surface area contributed by atoms with Gasteiger partial charge in [0, 0.05) is 55.9 Å². The lowest BCUT2D eigenvalue weighted by Crippen LogP contribution is -2.43. The number of likely N-dealkylation sites (N-methyl/N-ethyl adjacent to an activating group) is 1. The van der Waals surface area contributed by atoms with Crippen molar-refractivity contribution in [3.05, 3.63) is 58.2 Å². The highest BCUT2D eigenvalue weighted by molar-refractivity contribution is 6.41. The predicted octanol–water partition coefficient (Wildman–Crippen LogP) is 5.44. The van der Waals surface area contributed by atoms with Crippen LogP contribution in [0.3, 0.4) is 0 Å². The van der Waals surface area contributed by atoms with Crippen molar-refractivity contribution < 1.29 is 9.47 Å². The van der Waals surface area contributed by atoms with E-state index in [9.17, 15) is 0 Å². The van der Waals surface area contributed by atoms with Crippen LogP contribution in [0.15, 0.2) is 42.6 Å². The van der Waals surface area contributed by atoms with Gasteiger partial charge in [-0.1, -0.05) is 35.3 Å². The topological polar surface area (TPSA) is 78.5 Å². The number of benzene rings is 2. The zero-order chi connectivity index (χ0) is 25.2. The zero-order valence-corrected chi connectivity index (χ0v) is 22.0. The Labute approximate surface area is 220 Å². The van der Waals surface area contributed by atoms with Gasteiger partial charge < -0.3 is 19.7 Å². The second-order valence-electron chi connectivity index (χ2n) is 8.87. The standard InChI is InChI=1S/C26H28Cl2N6O2/c1-33-8-10-34(11-9-33)15-16-4-7-22(29-14-16)30-26-18-6-5-17(12-19(18)31-32-26)23-24(27)20(35-2)13-21(36-3)25(23)28/h4-7,12-14H,8-11,15H2,1-3H3,(H2,29,30,31,32). The third kappa shape index (κ3) is 4.95. The lowest BCUT2D eigenvalue weighted by atomic mass is 10.0. The molecule has 0 saturated carbocycles. The fourth-order valence-corrected chi connectivity index (χ4v) is 5.11. The molecule has 1 fully saturated rings. The average Bonchev–Trinajstić information content (AvgIpc) is 3.29. The average molecular weight is 527 g/mol. The molecule has 10 heteroatoms. The summed E-state index contributed by atoms with van der Waals surface area (Å²) in [7, 11) is 5.28. The van der Waals surface area contributed by atoms with Crippen molar-refractivity contribution in [2.45, 2.75) is 6.54 Å². The smallest absolute Gasteiger partial charge is 0.161 e. The van der Waals surface area contributed by atoms with Crippen LogP contribution in [0, 0.1) is 0 Å². The third-order valence-corrected chi connectivity index (χ3v) is 7.25. The highest BCUT2D eigenvalue weighted by Gasteiger charge is 2.20. The number of anilines is 2. The van der Waals surface area contributed by atoms with Crippen LogP contribution in [-0.4, -0.2) is 72.4 Å². The summed E-state index contributed by atoms with van der Waals surface area (Å²) in [6.07, 6.45) is 1.92. The molecule has 36 heavy (non-hydrogen) atoms. The molecule has 1 saturated heterocycles. The van der Waals surface area contributed by atoms with E-state index in [0.717, 1.165) is 55.0 Å². The Bertz CT molecular complexity index is 1340. The number of halogens is 2. The van der Waals surface area contributed by atoms with Crippen LogP contribution in [0.5, 0.6) is 11.5 Å². The van der Waals surface area contributed by atoms with Gasteiger partial charge in [-0.2, -0.15) is 5.10 Å². The van der Waals surface area contributed by atoms with Gasteiger partial charge in [0.25, 0.3) is 0 Å². The molecule has 0 unspecified atom stereocenters. The number of aromatic amines is 1. The van der Waals surface area contributed by atoms with Gasteiger partial charge in [0.05, 0.1) is 29.8 Å². The summed E-state index contributed by atoms with van der Waals surface area (Å²) in [5, 5.41) is 12.6. The molecule has 2 aromatic carbocycles. The van der Waals surface area contributed by atoms with E-state index in [0.29, 0.717) is 32.9 Å². The fraction of sp³-hybridized carbons (Fsp3) is 0.308. The minimum Gasteiger partial charge on any atom is -0.495 e. The number of aromatic nitrogens is 3. The van der Waals surface area contributed by atoms with Gasteiger partial charge in [-0.3, -0.25) is 10.00 Å². The van der Waals surface area contributed by atoms with Gasteiger partial charge in [-0.05, 0) is 36.4 Å². The molecule has 5 rings (SSSR count). The molecule has 188 valence electrons. The monoisotopic (exact) mass is 526 g/mol. The van der Waals surface area contributed by atoms with Gasteiger partial charge in [-0.25, -0.2) is 4.98 Å². The van der Waals surface area contributed by atoms with E-state index in [4.69, 9.17) is 32.7 Å². The van der Waals surface area contributed by atoms with Crippen LogP contribution in [0.2, 0.25) is 10.0 Å². The maximum Gasteiger partial charge on any atom is 0.161 e. The van der Waals surface area contributed by atoms with Gasteiger partial charge in [0.1, 0.15) is 17.3 Å². The Balaban J connectivity index is 1.36. The van der Waals surface area contributed by atoms with Crippen LogP contribution in [0.1, 0.15) is 5.56 Å². The first-order valence-electron chi connectivity index (χ1n) is 11.7. The summed E-state index contributed by atoms with van der Waals surface area (Å²) < 4.78 is 10.8. The highest BCUT2D eigenvalue weighted by atomic mass is 35.5. The molecule has 1 aliphatic rings. The first-order chi connectivity index (χ1) is 17.5. The molecule has 2 N–H and O–H groups in total. The SMILES string of the molecule is COc1cc(OC)c(Cl)c(-c2ccc3c(Nc4ccc(CN5CCN(C)CC5)cn4)n[nH]c3c2)c1Cl. The van der Waals surface area contributed by atoms with E-state index in [1.165, 1.54) is 5.56 Å². The van der Waals surface area contributed by atoms with Crippen molar-refractivity contribution in [3.63, 3.8) is 0 Å². The number of hydrogen-bond donors (Lipinski definition) is 2. The molecule has 4 aromatic rings. The van der Waals surface area contributed by atoms with Crippen LogP contribution in [-0.2, 0) is 6.54 Å². The predicted molar refractivity (Wildman–Crippen MR) is 145 cm³/mol. The van der Waals surface area contributed by atoms with Crippen LogP contribution in [0.4, 0.5) is 11.6 Å². The number of nitrogens with one attached hydrogen (secondary N) is 2. The molecule has 8 nitrogen and oxygen atoms in total. The molecule has 0 radical (unpaired) electrons. The van der Waals surface area contributed by atoms with E-state index in [2.05, 4.69) is 43.4 Å². The fourth-order valence-electron chi connectivity index (χ4n) is 4.39. The number of hydrogen-bond acceptors (Lipinski definition) is 7. The van der Waals surface area contributed by atoms with E-state index in [1.807, 2.05) is 30.5 Å². The van der Waals surface area contributed by atoms with Gasteiger partial charge >= 0.3 is 0 Å². The zero-order valence-electron chi connectivity index (χ0n) is 20.4. The Kier molecular flexibility index (Phi) is 7.20. The van der Waals surface area contributed by atoms with Crippen molar-refractivity contribution in [2.24, 2.45) is 0 Å². The van der Waals surface area contributed by atoms with Crippen molar-refractivity contribution in [1.29, 1.82) is 0 Å². The Morgan fingerprint density at radius 1 is 0.972 bits per heavy atom. The van der Waals surface area contributed by atoms with Gasteiger partial charge in [0.15, 0.2) is 5.82 Å². The Morgan fingerprint density at radius 2 is 1.69 bits per heavy atom. The summed E-state index contributed by atoms with van der Waals surface area (Å²) in [6.45, 7) is 5.28. The van der Waals surface area contributed by atoms with E-state index in [-0.39, 0.29) is 0 Å². The molecule has 1 aliphatic heterocycles. The summed E-state index contributed by atoms with van der Waals surface area (Å²) >= 11 is 13.2. The maximum absolute atomic E-state index is 6.61. The summed E-state index contributed by atoms with van der Waals surface area (Å²) in [5.74, 6) is 2.40. The number of ether oxygens (including phenoxy) is 2. The van der Waals surface area contributed by atoms with Crippen LogP contribution < -0.4 is 14.8 Å². The summed E-state index contributed by atoms with van der Waals surface area (Å²) in [5.41, 5.74) is 3.48. The number of H-pyrrole nitrogens is 1. The molecule has 0 aliphatic carbocycles. The Morgan fingerprint density at radius 3 is 2.33 bits per heavy atom. The van der Waals surface area contributed by atoms with Gasteiger partial charge in [0.2, 0.25) is 0 Å². The van der Waals surface area contributed by atoms with Crippen molar-refractivity contribution >= 4 is 45.7 Å². The maximum atomic E-state index is 6.61. The number of piperazine rings is 1. The lowest BCUT2D eigenvalue weighted by molar-refractivity contribution is 0.148. The number of fused-ring (bicyclic) bond motifs is 1. The number of methoxy groups -OCH3 is 2. The number of pyridine rings is 1. The van der Waals surface area contributed by atoms with Crippen molar-refractivity contribution in [2.75, 3.05) is 52.8 Å². The highest BCUT2D eigenvalue weighted by Crippen LogP contribution is 2.46. The largest absolute Gasteiger partial charge is 0.495 e. The summed E-state index contributed by atoms with van der Waals surface area (Å²) in [4.78, 5) is 9.42. The molecule has 0 atom stereocenters. The lowest BCUT2D eigenvalue weighted by Gasteiger charge is -2.32. The molecule has 2 aromatic heterocycles. The van der Waals surface area contributed by atoms with Crippen LogP contribution in [0.25, 0.3) is 22.0 Å². The second-order valence-corrected chi connectivity index (χ2v) is 9.63. The van der Waals surface area contributed by atoms with E-state index in [1.54, 1.807) is 20.3 Å². The first-order valence-corrected chi connectivity index (χ1v) is 12.4. The van der Waals surface area contributed by atoms with Gasteiger partial charge in [-0.15, -0.1) is 0 Å². The minimum absolute atomic E-state index is 0.418. The molecule has 0 spiro atoms. The quantitative estimate of drug-likeness (QED) is 0.332. The van der Waals surface area contributed by atoms with E-state index >= 15 is 0 Å². The Hall–Kier alpha value is -3.04. The molecule has 0 bridgehead atoms. The normalized spacial score (nSPS) is 14.8. The van der Waals surface area contributed by atoms with E-state index < -0.39 is 0 Å². The molecular formula is C26H28Cl2N6O2. The minimum atomic E-state index is 0.418. The molecule has 3 heterocycles. The molecular weight excluding hydrogens is 499 g/mol.